The number of benzene rings is 2. The molecular formula is C18H21NO2. The number of allylic oxidation sites excluding steroid dienone is 1. The highest BCUT2D eigenvalue weighted by atomic mass is 16.5. The Kier molecular flexibility index (Phi) is 4.53. The van der Waals surface area contributed by atoms with Crippen LogP contribution in [0.1, 0.15) is 23.6 Å². The van der Waals surface area contributed by atoms with Gasteiger partial charge < -0.3 is 15.2 Å². The molecular weight excluding hydrogens is 262 g/mol. The first-order chi connectivity index (χ1) is 10.1. The van der Waals surface area contributed by atoms with Crippen molar-refractivity contribution in [1.29, 1.82) is 0 Å². The third-order valence-corrected chi connectivity index (χ3v) is 3.43. The lowest BCUT2D eigenvalue weighted by molar-refractivity contribution is 0.414. The molecule has 0 spiro atoms. The highest BCUT2D eigenvalue weighted by Crippen LogP contribution is 2.31. The van der Waals surface area contributed by atoms with Crippen molar-refractivity contribution in [2.45, 2.75) is 13.8 Å². The number of rotatable bonds is 4. The molecule has 0 unspecified atom stereocenters. The number of aryl methyl sites for hydroxylation is 1. The summed E-state index contributed by atoms with van der Waals surface area (Å²) >= 11 is 0. The fraction of sp³-hybridized carbons (Fsp3) is 0.222. The van der Waals surface area contributed by atoms with Gasteiger partial charge >= 0.3 is 0 Å². The molecule has 0 aliphatic rings. The van der Waals surface area contributed by atoms with Crippen molar-refractivity contribution in [3.8, 4) is 11.5 Å². The van der Waals surface area contributed by atoms with Crippen molar-refractivity contribution < 1.29 is 9.47 Å². The van der Waals surface area contributed by atoms with Gasteiger partial charge in [0, 0.05) is 0 Å². The molecule has 2 rings (SSSR count). The monoisotopic (exact) mass is 283 g/mol. The minimum Gasteiger partial charge on any atom is -0.497 e. The van der Waals surface area contributed by atoms with E-state index in [4.69, 9.17) is 15.2 Å². The molecule has 0 heterocycles. The molecule has 3 nitrogen and oxygen atoms in total. The standard InChI is InChI=1S/C18H21NO2/c1-5-16(13-6-7-18(21-4)17(19)11-13)14-8-12(2)9-15(10-14)20-3/h5-11H,19H2,1-4H3/b16-5+. The highest BCUT2D eigenvalue weighted by molar-refractivity contribution is 5.82. The molecule has 21 heavy (non-hydrogen) atoms. The Morgan fingerprint density at radius 1 is 1.00 bits per heavy atom. The third-order valence-electron chi connectivity index (χ3n) is 3.43. The largest absolute Gasteiger partial charge is 0.497 e. The second-order valence-corrected chi connectivity index (χ2v) is 4.90. The van der Waals surface area contributed by atoms with Crippen LogP contribution in [0.5, 0.6) is 11.5 Å². The van der Waals surface area contributed by atoms with Crippen LogP contribution in [-0.4, -0.2) is 14.2 Å². The summed E-state index contributed by atoms with van der Waals surface area (Å²) in [6.45, 7) is 4.08. The van der Waals surface area contributed by atoms with Crippen molar-refractivity contribution >= 4 is 11.3 Å². The maximum absolute atomic E-state index is 6.01. The summed E-state index contributed by atoms with van der Waals surface area (Å²) in [6, 6.07) is 12.0. The minimum absolute atomic E-state index is 0.633. The molecule has 0 amide bonds. The minimum atomic E-state index is 0.633. The lowest BCUT2D eigenvalue weighted by atomic mass is 9.95. The number of hydrogen-bond acceptors (Lipinski definition) is 3. The summed E-state index contributed by atoms with van der Waals surface area (Å²) < 4.78 is 10.6. The van der Waals surface area contributed by atoms with Gasteiger partial charge in [-0.05, 0) is 60.4 Å². The molecule has 0 fully saturated rings. The summed E-state index contributed by atoms with van der Waals surface area (Å²) in [5, 5.41) is 0. The summed E-state index contributed by atoms with van der Waals surface area (Å²) in [6.07, 6.45) is 2.08. The molecule has 2 aromatic carbocycles. The Hall–Kier alpha value is -2.42. The van der Waals surface area contributed by atoms with E-state index in [1.54, 1.807) is 14.2 Å². The maximum atomic E-state index is 6.01. The zero-order chi connectivity index (χ0) is 15.4. The van der Waals surface area contributed by atoms with Crippen LogP contribution in [0.3, 0.4) is 0 Å². The second kappa shape index (κ2) is 6.35. The lowest BCUT2D eigenvalue weighted by Crippen LogP contribution is -1.96. The van der Waals surface area contributed by atoms with Gasteiger partial charge in [0.25, 0.3) is 0 Å². The van der Waals surface area contributed by atoms with Gasteiger partial charge in [-0.25, -0.2) is 0 Å². The first-order valence-corrected chi connectivity index (χ1v) is 6.85. The molecule has 0 aliphatic heterocycles. The van der Waals surface area contributed by atoms with Crippen LogP contribution in [0, 0.1) is 6.92 Å². The van der Waals surface area contributed by atoms with Crippen LogP contribution < -0.4 is 15.2 Å². The molecule has 0 bridgehead atoms. The fourth-order valence-corrected chi connectivity index (χ4v) is 2.42. The van der Waals surface area contributed by atoms with E-state index < -0.39 is 0 Å². The molecule has 0 radical (unpaired) electrons. The van der Waals surface area contributed by atoms with Crippen LogP contribution in [0.4, 0.5) is 5.69 Å². The topological polar surface area (TPSA) is 44.5 Å². The van der Waals surface area contributed by atoms with Gasteiger partial charge in [-0.1, -0.05) is 18.2 Å². The average molecular weight is 283 g/mol. The van der Waals surface area contributed by atoms with E-state index in [-0.39, 0.29) is 0 Å². The molecule has 110 valence electrons. The predicted octanol–water partition coefficient (Wildman–Crippen LogP) is 4.05. The van der Waals surface area contributed by atoms with Gasteiger partial charge in [-0.15, -0.1) is 0 Å². The number of methoxy groups -OCH3 is 2. The third kappa shape index (κ3) is 3.19. The molecule has 0 saturated carbocycles. The van der Waals surface area contributed by atoms with Crippen LogP contribution in [0.25, 0.3) is 5.57 Å². The van der Waals surface area contributed by atoms with E-state index in [2.05, 4.69) is 19.1 Å². The van der Waals surface area contributed by atoms with E-state index in [1.165, 1.54) is 0 Å². The van der Waals surface area contributed by atoms with E-state index in [1.807, 2.05) is 37.3 Å². The second-order valence-electron chi connectivity index (χ2n) is 4.90. The van der Waals surface area contributed by atoms with Gasteiger partial charge in [-0.3, -0.25) is 0 Å². The Morgan fingerprint density at radius 2 is 1.76 bits per heavy atom. The maximum Gasteiger partial charge on any atom is 0.141 e. The number of hydrogen-bond donors (Lipinski definition) is 1. The van der Waals surface area contributed by atoms with Crippen LogP contribution >= 0.6 is 0 Å². The Labute approximate surface area is 126 Å². The van der Waals surface area contributed by atoms with Gasteiger partial charge in [0.2, 0.25) is 0 Å². The smallest absolute Gasteiger partial charge is 0.141 e. The Morgan fingerprint density at radius 3 is 2.33 bits per heavy atom. The molecule has 2 N–H and O–H groups in total. The number of nitrogens with two attached hydrogens (primary N) is 1. The first-order valence-electron chi connectivity index (χ1n) is 6.85. The van der Waals surface area contributed by atoms with E-state index in [9.17, 15) is 0 Å². The summed E-state index contributed by atoms with van der Waals surface area (Å²) in [4.78, 5) is 0. The lowest BCUT2D eigenvalue weighted by Gasteiger charge is -2.13. The van der Waals surface area contributed by atoms with Crippen molar-refractivity contribution in [3.05, 3.63) is 59.2 Å². The van der Waals surface area contributed by atoms with Crippen LogP contribution in [0.2, 0.25) is 0 Å². The van der Waals surface area contributed by atoms with E-state index in [0.717, 1.165) is 28.0 Å². The average Bonchev–Trinajstić information content (AvgIpc) is 2.47. The van der Waals surface area contributed by atoms with Crippen molar-refractivity contribution in [2.24, 2.45) is 0 Å². The van der Waals surface area contributed by atoms with E-state index in [0.29, 0.717) is 11.4 Å². The zero-order valence-corrected chi connectivity index (χ0v) is 12.9. The van der Waals surface area contributed by atoms with Gasteiger partial charge in [0.15, 0.2) is 0 Å². The number of ether oxygens (including phenoxy) is 2. The van der Waals surface area contributed by atoms with Gasteiger partial charge in [-0.2, -0.15) is 0 Å². The molecule has 0 aromatic heterocycles. The molecule has 2 aromatic rings. The molecule has 0 atom stereocenters. The highest BCUT2D eigenvalue weighted by Gasteiger charge is 2.09. The molecule has 0 saturated heterocycles. The summed E-state index contributed by atoms with van der Waals surface area (Å²) in [5.74, 6) is 1.54. The Balaban J connectivity index is 2.50. The number of anilines is 1. The van der Waals surface area contributed by atoms with Crippen molar-refractivity contribution in [2.75, 3.05) is 20.0 Å². The van der Waals surface area contributed by atoms with Gasteiger partial charge in [0.05, 0.1) is 19.9 Å². The molecule has 0 aliphatic carbocycles. The number of nitrogen functional groups attached to an aromatic ring is 1. The summed E-state index contributed by atoms with van der Waals surface area (Å²) in [7, 11) is 3.30. The summed E-state index contributed by atoms with van der Waals surface area (Å²) in [5.41, 5.74) is 11.1. The quantitative estimate of drug-likeness (QED) is 0.861. The van der Waals surface area contributed by atoms with E-state index >= 15 is 0 Å². The van der Waals surface area contributed by atoms with Crippen LogP contribution in [0.15, 0.2) is 42.5 Å². The predicted molar refractivity (Wildman–Crippen MR) is 87.9 cm³/mol. The van der Waals surface area contributed by atoms with Crippen molar-refractivity contribution in [1.82, 2.24) is 0 Å². The normalized spacial score (nSPS) is 11.3. The first kappa shape index (κ1) is 15.0. The fourth-order valence-electron chi connectivity index (χ4n) is 2.42. The Bertz CT molecular complexity index is 675. The SMILES string of the molecule is C/C=C(/c1cc(C)cc(OC)c1)c1ccc(OC)c(N)c1. The van der Waals surface area contributed by atoms with Crippen molar-refractivity contribution in [3.63, 3.8) is 0 Å². The molecule has 3 heteroatoms. The van der Waals surface area contributed by atoms with Crippen LogP contribution in [-0.2, 0) is 0 Å². The van der Waals surface area contributed by atoms with Gasteiger partial charge in [0.1, 0.15) is 11.5 Å². The zero-order valence-electron chi connectivity index (χ0n) is 12.9.